The zero-order chi connectivity index (χ0) is 19.8. The van der Waals surface area contributed by atoms with Crippen LogP contribution in [0.15, 0.2) is 48.5 Å². The van der Waals surface area contributed by atoms with Crippen molar-refractivity contribution in [2.24, 2.45) is 5.92 Å². The number of hydrogen-bond acceptors (Lipinski definition) is 4. The van der Waals surface area contributed by atoms with E-state index in [1.807, 2.05) is 25.1 Å². The first-order valence-corrected chi connectivity index (χ1v) is 8.72. The average Bonchev–Trinajstić information content (AvgIpc) is 2.68. The third kappa shape index (κ3) is 5.48. The molecule has 0 fully saturated rings. The summed E-state index contributed by atoms with van der Waals surface area (Å²) < 4.78 is 10.5. The van der Waals surface area contributed by atoms with E-state index in [1.54, 1.807) is 44.6 Å². The Balaban J connectivity index is 1.98. The van der Waals surface area contributed by atoms with Gasteiger partial charge in [0.2, 0.25) is 5.91 Å². The lowest BCUT2D eigenvalue weighted by Gasteiger charge is -2.17. The summed E-state index contributed by atoms with van der Waals surface area (Å²) in [5.74, 6) is -0.999. The molecule has 0 aliphatic heterocycles. The minimum Gasteiger partial charge on any atom is -0.493 e. The Hall–Kier alpha value is -3.02. The molecule has 2 aromatic rings. The van der Waals surface area contributed by atoms with Crippen LogP contribution in [0.2, 0.25) is 0 Å². The highest BCUT2D eigenvalue weighted by molar-refractivity contribution is 5.81. The number of carbonyl (C=O) groups excluding carboxylic acids is 1. The standard InChI is InChI=1S/C21H25NO5/c1-14(11-15-9-10-18(26-2)19(12-15)27-3)20(23)22-13-17(21(24)25)16-7-5-4-6-8-16/h4-10,12,14,17H,11,13H2,1-3H3,(H,22,23)(H,24,25). The van der Waals surface area contributed by atoms with Crippen molar-refractivity contribution in [3.63, 3.8) is 0 Å². The van der Waals surface area contributed by atoms with Crippen LogP contribution in [-0.2, 0) is 16.0 Å². The molecule has 144 valence electrons. The molecule has 1 amide bonds. The van der Waals surface area contributed by atoms with E-state index in [2.05, 4.69) is 5.32 Å². The lowest BCUT2D eigenvalue weighted by molar-refractivity contribution is -0.138. The minimum absolute atomic E-state index is 0.0501. The van der Waals surface area contributed by atoms with E-state index in [0.717, 1.165) is 5.56 Å². The van der Waals surface area contributed by atoms with E-state index in [0.29, 0.717) is 23.5 Å². The van der Waals surface area contributed by atoms with Gasteiger partial charge < -0.3 is 19.9 Å². The summed E-state index contributed by atoms with van der Waals surface area (Å²) >= 11 is 0. The molecule has 0 aliphatic rings. The van der Waals surface area contributed by atoms with Gasteiger partial charge in [-0.1, -0.05) is 43.3 Å². The molecule has 2 unspecified atom stereocenters. The highest BCUT2D eigenvalue weighted by atomic mass is 16.5. The van der Waals surface area contributed by atoms with Crippen LogP contribution in [0.25, 0.3) is 0 Å². The Morgan fingerprint density at radius 1 is 1.04 bits per heavy atom. The van der Waals surface area contributed by atoms with Crippen LogP contribution in [0, 0.1) is 5.92 Å². The first-order valence-electron chi connectivity index (χ1n) is 8.72. The number of carboxylic acids is 1. The number of nitrogens with one attached hydrogen (secondary N) is 1. The van der Waals surface area contributed by atoms with E-state index < -0.39 is 11.9 Å². The summed E-state index contributed by atoms with van der Waals surface area (Å²) in [6.45, 7) is 1.86. The van der Waals surface area contributed by atoms with Gasteiger partial charge in [0.05, 0.1) is 20.1 Å². The van der Waals surface area contributed by atoms with Gasteiger partial charge in [-0.2, -0.15) is 0 Å². The van der Waals surface area contributed by atoms with Gasteiger partial charge in [0.25, 0.3) is 0 Å². The normalized spacial score (nSPS) is 12.7. The number of rotatable bonds is 9. The molecule has 2 atom stereocenters. The first kappa shape index (κ1) is 20.3. The van der Waals surface area contributed by atoms with Gasteiger partial charge in [0.1, 0.15) is 0 Å². The van der Waals surface area contributed by atoms with Crippen molar-refractivity contribution >= 4 is 11.9 Å². The molecular formula is C21H25NO5. The molecule has 6 nitrogen and oxygen atoms in total. The molecule has 6 heteroatoms. The summed E-state index contributed by atoms with van der Waals surface area (Å²) in [6, 6.07) is 14.4. The predicted molar refractivity (Wildman–Crippen MR) is 102 cm³/mol. The van der Waals surface area contributed by atoms with Crippen molar-refractivity contribution in [2.45, 2.75) is 19.3 Å². The van der Waals surface area contributed by atoms with E-state index in [1.165, 1.54) is 0 Å². The SMILES string of the molecule is COc1ccc(CC(C)C(=O)NCC(C(=O)O)c2ccccc2)cc1OC. The van der Waals surface area contributed by atoms with Crippen molar-refractivity contribution in [3.05, 3.63) is 59.7 Å². The van der Waals surface area contributed by atoms with Crippen molar-refractivity contribution in [3.8, 4) is 11.5 Å². The summed E-state index contributed by atoms with van der Waals surface area (Å²) in [4.78, 5) is 24.0. The maximum absolute atomic E-state index is 12.4. The van der Waals surface area contributed by atoms with Crippen LogP contribution < -0.4 is 14.8 Å². The second-order valence-corrected chi connectivity index (χ2v) is 6.34. The molecule has 2 rings (SSSR count). The molecule has 2 aromatic carbocycles. The van der Waals surface area contributed by atoms with Crippen molar-refractivity contribution < 1.29 is 24.2 Å². The fourth-order valence-electron chi connectivity index (χ4n) is 2.86. The maximum atomic E-state index is 12.4. The molecular weight excluding hydrogens is 346 g/mol. The van der Waals surface area contributed by atoms with E-state index >= 15 is 0 Å². The van der Waals surface area contributed by atoms with Gasteiger partial charge in [-0.3, -0.25) is 9.59 Å². The molecule has 27 heavy (non-hydrogen) atoms. The van der Waals surface area contributed by atoms with Crippen molar-refractivity contribution in [1.82, 2.24) is 5.32 Å². The predicted octanol–water partition coefficient (Wildman–Crippen LogP) is 2.87. The summed E-state index contributed by atoms with van der Waals surface area (Å²) in [7, 11) is 3.13. The van der Waals surface area contributed by atoms with Crippen molar-refractivity contribution in [1.29, 1.82) is 0 Å². The Kier molecular flexibility index (Phi) is 7.23. The summed E-state index contributed by atoms with van der Waals surface area (Å²) in [5, 5.41) is 12.2. The summed E-state index contributed by atoms with van der Waals surface area (Å²) in [6.07, 6.45) is 0.509. The number of hydrogen-bond donors (Lipinski definition) is 2. The third-order valence-corrected chi connectivity index (χ3v) is 4.42. The highest BCUT2D eigenvalue weighted by Gasteiger charge is 2.22. The summed E-state index contributed by atoms with van der Waals surface area (Å²) in [5.41, 5.74) is 1.60. The minimum atomic E-state index is -0.964. The molecule has 0 spiro atoms. The van der Waals surface area contributed by atoms with Gasteiger partial charge in [0, 0.05) is 12.5 Å². The van der Waals surface area contributed by atoms with Crippen molar-refractivity contribution in [2.75, 3.05) is 20.8 Å². The number of carboxylic acid groups (broad SMARTS) is 1. The van der Waals surface area contributed by atoms with Crippen LogP contribution in [0.1, 0.15) is 24.0 Å². The zero-order valence-corrected chi connectivity index (χ0v) is 15.8. The van der Waals surface area contributed by atoms with Gasteiger partial charge in [-0.05, 0) is 29.7 Å². The lowest BCUT2D eigenvalue weighted by atomic mass is 9.97. The molecule has 0 aliphatic carbocycles. The lowest BCUT2D eigenvalue weighted by Crippen LogP contribution is -2.35. The second kappa shape index (κ2) is 9.62. The van der Waals surface area contributed by atoms with Crippen LogP contribution in [-0.4, -0.2) is 37.7 Å². The quantitative estimate of drug-likeness (QED) is 0.708. The van der Waals surface area contributed by atoms with Crippen LogP contribution in [0.4, 0.5) is 0 Å². The van der Waals surface area contributed by atoms with E-state index in [-0.39, 0.29) is 18.4 Å². The Labute approximate surface area is 159 Å². The molecule has 0 saturated carbocycles. The number of carbonyl (C=O) groups is 2. The first-order chi connectivity index (χ1) is 13.0. The highest BCUT2D eigenvalue weighted by Crippen LogP contribution is 2.28. The number of ether oxygens (including phenoxy) is 2. The van der Waals surface area contributed by atoms with Gasteiger partial charge in [-0.15, -0.1) is 0 Å². The molecule has 0 aromatic heterocycles. The fourth-order valence-corrected chi connectivity index (χ4v) is 2.86. The number of benzene rings is 2. The Morgan fingerprint density at radius 2 is 1.70 bits per heavy atom. The Morgan fingerprint density at radius 3 is 2.30 bits per heavy atom. The molecule has 2 N–H and O–H groups in total. The van der Waals surface area contributed by atoms with Crippen LogP contribution in [0.5, 0.6) is 11.5 Å². The van der Waals surface area contributed by atoms with Gasteiger partial charge in [0.15, 0.2) is 11.5 Å². The molecule has 0 radical (unpaired) electrons. The van der Waals surface area contributed by atoms with Crippen LogP contribution in [0.3, 0.4) is 0 Å². The number of methoxy groups -OCH3 is 2. The molecule has 0 bridgehead atoms. The average molecular weight is 371 g/mol. The van der Waals surface area contributed by atoms with Gasteiger partial charge in [-0.25, -0.2) is 0 Å². The maximum Gasteiger partial charge on any atom is 0.312 e. The van der Waals surface area contributed by atoms with E-state index in [9.17, 15) is 14.7 Å². The smallest absolute Gasteiger partial charge is 0.312 e. The third-order valence-electron chi connectivity index (χ3n) is 4.42. The Bertz CT molecular complexity index is 775. The van der Waals surface area contributed by atoms with E-state index in [4.69, 9.17) is 9.47 Å². The number of aliphatic carboxylic acids is 1. The monoisotopic (exact) mass is 371 g/mol. The van der Waals surface area contributed by atoms with Gasteiger partial charge >= 0.3 is 5.97 Å². The fraction of sp³-hybridized carbons (Fsp3) is 0.333. The zero-order valence-electron chi connectivity index (χ0n) is 15.8. The largest absolute Gasteiger partial charge is 0.493 e. The molecule has 0 heterocycles. The molecule has 0 saturated heterocycles. The second-order valence-electron chi connectivity index (χ2n) is 6.34. The topological polar surface area (TPSA) is 84.9 Å². The number of amides is 1. The van der Waals surface area contributed by atoms with Crippen LogP contribution >= 0.6 is 0 Å².